The molecule has 1 fully saturated rings. The van der Waals surface area contributed by atoms with Crippen LogP contribution in [0.1, 0.15) is 101 Å². The molecule has 0 radical (unpaired) electrons. The second-order valence-electron chi connectivity index (χ2n) is 12.6. The molecular weight excluding hydrogens is 530 g/mol. The number of fused-ring (bicyclic) bond motifs is 1. The average Bonchev–Trinajstić information content (AvgIpc) is 3.67. The van der Waals surface area contributed by atoms with Crippen molar-refractivity contribution in [2.75, 3.05) is 6.61 Å². The molecule has 1 aliphatic carbocycles. The number of rotatable bonds is 12. The molecular formula is C38H49N3O2. The number of nitrogens with one attached hydrogen (secondary N) is 1. The third-order valence-corrected chi connectivity index (χ3v) is 9.20. The molecule has 1 aliphatic rings. The maximum atomic E-state index is 12.6. The Balaban J connectivity index is 1.51. The van der Waals surface area contributed by atoms with Gasteiger partial charge < -0.3 is 14.6 Å². The average molecular weight is 580 g/mol. The fourth-order valence-corrected chi connectivity index (χ4v) is 6.73. The summed E-state index contributed by atoms with van der Waals surface area (Å²) in [7, 11) is 0. The van der Waals surface area contributed by atoms with Gasteiger partial charge in [-0.25, -0.2) is 4.79 Å². The summed E-state index contributed by atoms with van der Waals surface area (Å²) in [5.41, 5.74) is 9.83. The van der Waals surface area contributed by atoms with Crippen molar-refractivity contribution in [1.82, 2.24) is 14.9 Å². The Labute approximate surface area is 258 Å². The summed E-state index contributed by atoms with van der Waals surface area (Å²) in [5, 5.41) is 4.31. The van der Waals surface area contributed by atoms with Gasteiger partial charge in [-0.1, -0.05) is 84.2 Å². The van der Waals surface area contributed by atoms with Gasteiger partial charge in [0.25, 0.3) is 0 Å². The number of amides is 1. The van der Waals surface area contributed by atoms with E-state index in [9.17, 15) is 4.79 Å². The molecule has 43 heavy (non-hydrogen) atoms. The highest BCUT2D eigenvalue weighted by Gasteiger charge is 2.21. The standard InChI is InChI=1S/C38H49N3O2/c1-6-12-27(25-43-38(42)40-32-15-9-10-16-32)21-31-24-41(33-19-17-30(18-20-33)26(4)5)36-23-39-35(22-34(31)36)37-28(7-2)13-11-14-29(37)8-3/h11,13-14,17-20,22-24,26-27,32H,6-10,12,15-16,21,25H2,1-5H3,(H,40,42). The first kappa shape index (κ1) is 30.8. The summed E-state index contributed by atoms with van der Waals surface area (Å²) in [6.07, 6.45) is 13.4. The van der Waals surface area contributed by atoms with Gasteiger partial charge in [0.15, 0.2) is 0 Å². The van der Waals surface area contributed by atoms with Crippen molar-refractivity contribution in [2.45, 2.75) is 104 Å². The van der Waals surface area contributed by atoms with Gasteiger partial charge in [-0.2, -0.15) is 0 Å². The van der Waals surface area contributed by atoms with E-state index in [4.69, 9.17) is 9.72 Å². The molecule has 0 bridgehead atoms. The minimum atomic E-state index is -0.268. The second kappa shape index (κ2) is 14.2. The summed E-state index contributed by atoms with van der Waals surface area (Å²) in [5.74, 6) is 0.731. The lowest BCUT2D eigenvalue weighted by molar-refractivity contribution is 0.121. The number of carbonyl (C=O) groups excluding carboxylic acids is 1. The first-order chi connectivity index (χ1) is 20.9. The molecule has 5 nitrogen and oxygen atoms in total. The van der Waals surface area contributed by atoms with E-state index in [1.165, 1.54) is 46.0 Å². The van der Waals surface area contributed by atoms with Crippen molar-refractivity contribution in [1.29, 1.82) is 0 Å². The van der Waals surface area contributed by atoms with Crippen LogP contribution in [0.3, 0.4) is 0 Å². The summed E-state index contributed by atoms with van der Waals surface area (Å²) >= 11 is 0. The first-order valence-corrected chi connectivity index (χ1v) is 16.6. The maximum absolute atomic E-state index is 12.6. The van der Waals surface area contributed by atoms with Crippen LogP contribution in [-0.4, -0.2) is 28.3 Å². The molecule has 1 atom stereocenters. The number of benzene rings is 2. The number of alkyl carbamates (subject to hydrolysis) is 1. The third kappa shape index (κ3) is 7.14. The highest BCUT2D eigenvalue weighted by Crippen LogP contribution is 2.34. The maximum Gasteiger partial charge on any atom is 0.407 e. The molecule has 5 heteroatoms. The van der Waals surface area contributed by atoms with E-state index in [-0.39, 0.29) is 18.1 Å². The number of aryl methyl sites for hydroxylation is 2. The highest BCUT2D eigenvalue weighted by molar-refractivity contribution is 5.89. The quantitative estimate of drug-likeness (QED) is 0.182. The van der Waals surface area contributed by atoms with Crippen molar-refractivity contribution >= 4 is 17.0 Å². The fourth-order valence-electron chi connectivity index (χ4n) is 6.73. The van der Waals surface area contributed by atoms with E-state index >= 15 is 0 Å². The van der Waals surface area contributed by atoms with E-state index in [0.29, 0.717) is 12.5 Å². The van der Waals surface area contributed by atoms with Gasteiger partial charge in [0.05, 0.1) is 24.0 Å². The molecule has 2 aromatic heterocycles. The lowest BCUT2D eigenvalue weighted by Gasteiger charge is -2.18. The van der Waals surface area contributed by atoms with Crippen molar-refractivity contribution in [3.63, 3.8) is 0 Å². The summed E-state index contributed by atoms with van der Waals surface area (Å²) in [6.45, 7) is 11.5. The lowest BCUT2D eigenvalue weighted by atomic mass is 9.93. The van der Waals surface area contributed by atoms with Gasteiger partial charge in [0.2, 0.25) is 0 Å². The van der Waals surface area contributed by atoms with Crippen molar-refractivity contribution in [2.24, 2.45) is 5.92 Å². The third-order valence-electron chi connectivity index (χ3n) is 9.20. The second-order valence-corrected chi connectivity index (χ2v) is 12.6. The van der Waals surface area contributed by atoms with Crippen LogP contribution in [0, 0.1) is 5.92 Å². The number of pyridine rings is 1. The van der Waals surface area contributed by atoms with Crippen molar-refractivity contribution < 1.29 is 9.53 Å². The van der Waals surface area contributed by atoms with Gasteiger partial charge in [-0.3, -0.25) is 4.98 Å². The summed E-state index contributed by atoms with van der Waals surface area (Å²) in [4.78, 5) is 17.7. The van der Waals surface area contributed by atoms with E-state index in [0.717, 1.165) is 61.8 Å². The van der Waals surface area contributed by atoms with Gasteiger partial charge >= 0.3 is 6.09 Å². The Hall–Kier alpha value is -3.60. The predicted molar refractivity (Wildman–Crippen MR) is 178 cm³/mol. The van der Waals surface area contributed by atoms with Crippen LogP contribution in [-0.2, 0) is 24.0 Å². The molecule has 5 rings (SSSR count). The molecule has 2 aromatic carbocycles. The van der Waals surface area contributed by atoms with E-state index in [1.807, 2.05) is 0 Å². The van der Waals surface area contributed by atoms with Gasteiger partial charge in [-0.05, 0) is 90.8 Å². The summed E-state index contributed by atoms with van der Waals surface area (Å²) < 4.78 is 8.10. The smallest absolute Gasteiger partial charge is 0.407 e. The van der Waals surface area contributed by atoms with Gasteiger partial charge in [-0.15, -0.1) is 0 Å². The van der Waals surface area contributed by atoms with Crippen molar-refractivity contribution in [3.05, 3.63) is 83.2 Å². The Kier molecular flexibility index (Phi) is 10.2. The highest BCUT2D eigenvalue weighted by atomic mass is 16.5. The molecule has 228 valence electrons. The van der Waals surface area contributed by atoms with Crippen LogP contribution in [0.5, 0.6) is 0 Å². The number of hydrogen-bond acceptors (Lipinski definition) is 3. The minimum Gasteiger partial charge on any atom is -0.449 e. The molecule has 4 aromatic rings. The van der Waals surface area contributed by atoms with E-state index in [1.54, 1.807) is 0 Å². The molecule has 2 heterocycles. The van der Waals surface area contributed by atoms with Crippen LogP contribution < -0.4 is 5.32 Å². The molecule has 1 saturated carbocycles. The Bertz CT molecular complexity index is 1490. The molecule has 1 N–H and O–H groups in total. The normalized spacial score (nSPS) is 14.5. The SMILES string of the molecule is CCCC(COC(=O)NC1CCCC1)Cc1cn(-c2ccc(C(C)C)cc2)c2cnc(-c3c(CC)cccc3CC)cc12. The minimum absolute atomic E-state index is 0.243. The monoisotopic (exact) mass is 579 g/mol. The Morgan fingerprint density at radius 3 is 2.33 bits per heavy atom. The number of ether oxygens (including phenoxy) is 1. The fraction of sp³-hybridized carbons (Fsp3) is 0.474. The molecule has 0 saturated heterocycles. The molecule has 1 amide bonds. The first-order valence-electron chi connectivity index (χ1n) is 16.6. The summed E-state index contributed by atoms with van der Waals surface area (Å²) in [6, 6.07) is 18.1. The predicted octanol–water partition coefficient (Wildman–Crippen LogP) is 9.57. The topological polar surface area (TPSA) is 56.1 Å². The van der Waals surface area contributed by atoms with Crippen molar-refractivity contribution in [3.8, 4) is 16.9 Å². The van der Waals surface area contributed by atoms with E-state index < -0.39 is 0 Å². The zero-order valence-electron chi connectivity index (χ0n) is 26.8. The van der Waals surface area contributed by atoms with Gasteiger partial charge in [0, 0.05) is 28.9 Å². The largest absolute Gasteiger partial charge is 0.449 e. The number of aromatic nitrogens is 2. The number of nitrogens with zero attached hydrogens (tertiary/aromatic N) is 2. The van der Waals surface area contributed by atoms with E-state index in [2.05, 4.69) is 105 Å². The van der Waals surface area contributed by atoms with Gasteiger partial charge in [0.1, 0.15) is 0 Å². The van der Waals surface area contributed by atoms with Crippen LogP contribution in [0.2, 0.25) is 0 Å². The number of carbonyl (C=O) groups is 1. The Morgan fingerprint density at radius 1 is 1.00 bits per heavy atom. The van der Waals surface area contributed by atoms with Crippen LogP contribution in [0.4, 0.5) is 4.79 Å². The Morgan fingerprint density at radius 2 is 1.70 bits per heavy atom. The van der Waals surface area contributed by atoms with Crippen LogP contribution >= 0.6 is 0 Å². The van der Waals surface area contributed by atoms with Crippen LogP contribution in [0.15, 0.2) is 60.9 Å². The lowest BCUT2D eigenvalue weighted by Crippen LogP contribution is -2.34. The number of hydrogen-bond donors (Lipinski definition) is 1. The molecule has 0 aliphatic heterocycles. The zero-order valence-corrected chi connectivity index (χ0v) is 26.8. The zero-order chi connectivity index (χ0) is 30.3. The molecule has 1 unspecified atom stereocenters. The van der Waals surface area contributed by atoms with Crippen LogP contribution in [0.25, 0.3) is 27.8 Å². The molecule has 0 spiro atoms.